The first kappa shape index (κ1) is 10.4. The fraction of sp³-hybridized carbons (Fsp3) is 0.143. The zero-order valence-electron chi connectivity index (χ0n) is 9.28. The predicted molar refractivity (Wildman–Crippen MR) is 65.0 cm³/mol. The van der Waals surface area contributed by atoms with Crippen LogP contribution in [0.4, 0.5) is 0 Å². The lowest BCUT2D eigenvalue weighted by Crippen LogP contribution is -1.90. The first-order chi connectivity index (χ1) is 7.80. The van der Waals surface area contributed by atoms with E-state index in [9.17, 15) is 0 Å². The van der Waals surface area contributed by atoms with Gasteiger partial charge in [-0.3, -0.25) is 0 Å². The summed E-state index contributed by atoms with van der Waals surface area (Å²) in [6.45, 7) is 0. The maximum atomic E-state index is 5.51. The summed E-state index contributed by atoms with van der Waals surface area (Å²) in [6, 6.07) is 9.68. The number of benzene rings is 2. The first-order valence-corrected chi connectivity index (χ1v) is 4.91. The third kappa shape index (κ3) is 1.57. The van der Waals surface area contributed by atoms with Gasteiger partial charge < -0.3 is 9.47 Å². The van der Waals surface area contributed by atoms with Crippen molar-refractivity contribution < 1.29 is 9.47 Å². The van der Waals surface area contributed by atoms with Crippen LogP contribution in [0, 0.1) is 12.3 Å². The van der Waals surface area contributed by atoms with Crippen LogP contribution in [0.3, 0.4) is 0 Å². The van der Waals surface area contributed by atoms with Gasteiger partial charge in [0, 0.05) is 5.39 Å². The number of hydrogen-bond donors (Lipinski definition) is 0. The minimum absolute atomic E-state index is 0.711. The minimum atomic E-state index is 0.711. The lowest BCUT2D eigenvalue weighted by atomic mass is 10.0. The summed E-state index contributed by atoms with van der Waals surface area (Å²) in [5.74, 6) is 4.16. The molecule has 0 saturated carbocycles. The minimum Gasteiger partial charge on any atom is -0.497 e. The van der Waals surface area contributed by atoms with E-state index in [-0.39, 0.29) is 0 Å². The monoisotopic (exact) mass is 212 g/mol. The van der Waals surface area contributed by atoms with Crippen molar-refractivity contribution in [1.29, 1.82) is 0 Å². The van der Waals surface area contributed by atoms with E-state index in [2.05, 4.69) is 5.92 Å². The highest BCUT2D eigenvalue weighted by Crippen LogP contribution is 2.29. The van der Waals surface area contributed by atoms with Gasteiger partial charge in [-0.25, -0.2) is 0 Å². The largest absolute Gasteiger partial charge is 0.497 e. The number of rotatable bonds is 2. The number of fused-ring (bicyclic) bond motifs is 1. The van der Waals surface area contributed by atoms with Crippen LogP contribution in [0.15, 0.2) is 30.3 Å². The zero-order valence-corrected chi connectivity index (χ0v) is 9.28. The molecule has 0 spiro atoms. The molecule has 2 aromatic carbocycles. The number of terminal acetylenes is 1. The Morgan fingerprint density at radius 1 is 1.06 bits per heavy atom. The van der Waals surface area contributed by atoms with Crippen molar-refractivity contribution in [1.82, 2.24) is 0 Å². The Labute approximate surface area is 94.8 Å². The number of hydrogen-bond acceptors (Lipinski definition) is 2. The lowest BCUT2D eigenvalue weighted by molar-refractivity contribution is 0.413. The average Bonchev–Trinajstić information content (AvgIpc) is 2.36. The predicted octanol–water partition coefficient (Wildman–Crippen LogP) is 2.84. The standard InChI is InChI=1S/C14H12O2/c1-4-12-13-9-11(15-2)7-5-10(13)6-8-14(12)16-3/h1,5-9H,2-3H3. The Kier molecular flexibility index (Phi) is 2.70. The molecule has 0 unspecified atom stereocenters. The Morgan fingerprint density at radius 2 is 1.81 bits per heavy atom. The molecule has 0 aromatic heterocycles. The molecule has 0 fully saturated rings. The quantitative estimate of drug-likeness (QED) is 0.713. The SMILES string of the molecule is C#Cc1c(OC)ccc2ccc(OC)cc12. The van der Waals surface area contributed by atoms with Crippen LogP contribution in [-0.4, -0.2) is 14.2 Å². The van der Waals surface area contributed by atoms with Gasteiger partial charge in [-0.05, 0) is 23.6 Å². The van der Waals surface area contributed by atoms with Crippen molar-refractivity contribution in [2.75, 3.05) is 14.2 Å². The fourth-order valence-corrected chi connectivity index (χ4v) is 1.72. The molecule has 2 rings (SSSR count). The summed E-state index contributed by atoms with van der Waals surface area (Å²) in [4.78, 5) is 0. The summed E-state index contributed by atoms with van der Waals surface area (Å²) in [5, 5.41) is 2.05. The van der Waals surface area contributed by atoms with Gasteiger partial charge in [-0.2, -0.15) is 0 Å². The van der Waals surface area contributed by atoms with Crippen LogP contribution < -0.4 is 9.47 Å². The second-order valence-corrected chi connectivity index (χ2v) is 3.37. The molecule has 80 valence electrons. The molecule has 0 saturated heterocycles. The second kappa shape index (κ2) is 4.16. The van der Waals surface area contributed by atoms with E-state index in [0.29, 0.717) is 5.75 Å². The zero-order chi connectivity index (χ0) is 11.5. The normalized spacial score (nSPS) is 9.81. The van der Waals surface area contributed by atoms with Crippen molar-refractivity contribution in [3.63, 3.8) is 0 Å². The summed E-state index contributed by atoms with van der Waals surface area (Å²) >= 11 is 0. The molecule has 2 heteroatoms. The summed E-state index contributed by atoms with van der Waals surface area (Å²) < 4.78 is 10.4. The van der Waals surface area contributed by atoms with Gasteiger partial charge >= 0.3 is 0 Å². The first-order valence-electron chi connectivity index (χ1n) is 4.91. The highest BCUT2D eigenvalue weighted by Gasteiger charge is 2.06. The Bertz CT molecular complexity index is 559. The second-order valence-electron chi connectivity index (χ2n) is 3.37. The van der Waals surface area contributed by atoms with E-state index in [1.807, 2.05) is 30.3 Å². The molecular weight excluding hydrogens is 200 g/mol. The highest BCUT2D eigenvalue weighted by atomic mass is 16.5. The maximum Gasteiger partial charge on any atom is 0.135 e. The summed E-state index contributed by atoms with van der Waals surface area (Å²) in [5.41, 5.74) is 0.763. The molecule has 0 heterocycles. The molecule has 0 bridgehead atoms. The van der Waals surface area contributed by atoms with E-state index < -0.39 is 0 Å². The highest BCUT2D eigenvalue weighted by molar-refractivity contribution is 5.91. The van der Waals surface area contributed by atoms with Crippen LogP contribution in [0.2, 0.25) is 0 Å². The molecule has 2 nitrogen and oxygen atoms in total. The maximum absolute atomic E-state index is 5.51. The van der Waals surface area contributed by atoms with E-state index in [4.69, 9.17) is 15.9 Å². The molecule has 0 atom stereocenters. The van der Waals surface area contributed by atoms with Gasteiger partial charge in [0.05, 0.1) is 19.8 Å². The third-order valence-electron chi connectivity index (χ3n) is 2.55. The lowest BCUT2D eigenvalue weighted by Gasteiger charge is -2.08. The van der Waals surface area contributed by atoms with Crippen molar-refractivity contribution in [3.05, 3.63) is 35.9 Å². The third-order valence-corrected chi connectivity index (χ3v) is 2.55. The molecule has 16 heavy (non-hydrogen) atoms. The van der Waals surface area contributed by atoms with Crippen LogP contribution >= 0.6 is 0 Å². The summed E-state index contributed by atoms with van der Waals surface area (Å²) in [6.07, 6.45) is 5.51. The van der Waals surface area contributed by atoms with Gasteiger partial charge in [0.2, 0.25) is 0 Å². The van der Waals surface area contributed by atoms with Gasteiger partial charge in [0.1, 0.15) is 11.5 Å². The van der Waals surface area contributed by atoms with Gasteiger partial charge in [0.15, 0.2) is 0 Å². The van der Waals surface area contributed by atoms with Crippen LogP contribution in [-0.2, 0) is 0 Å². The number of ether oxygens (including phenoxy) is 2. The van der Waals surface area contributed by atoms with Gasteiger partial charge in [0.25, 0.3) is 0 Å². The molecule has 0 N–H and O–H groups in total. The summed E-state index contributed by atoms with van der Waals surface area (Å²) in [7, 11) is 3.25. The van der Waals surface area contributed by atoms with Gasteiger partial charge in [-0.1, -0.05) is 18.1 Å². The van der Waals surface area contributed by atoms with Crippen molar-refractivity contribution in [3.8, 4) is 23.8 Å². The molecule has 0 aliphatic heterocycles. The van der Waals surface area contributed by atoms with E-state index in [1.54, 1.807) is 14.2 Å². The Balaban J connectivity index is 2.79. The van der Waals surface area contributed by atoms with Crippen molar-refractivity contribution in [2.24, 2.45) is 0 Å². The molecule has 0 amide bonds. The van der Waals surface area contributed by atoms with Gasteiger partial charge in [-0.15, -0.1) is 6.42 Å². The average molecular weight is 212 g/mol. The molecule has 0 aliphatic carbocycles. The van der Waals surface area contributed by atoms with E-state index >= 15 is 0 Å². The smallest absolute Gasteiger partial charge is 0.135 e. The van der Waals surface area contributed by atoms with Crippen LogP contribution in [0.1, 0.15) is 5.56 Å². The van der Waals surface area contributed by atoms with Crippen LogP contribution in [0.5, 0.6) is 11.5 Å². The van der Waals surface area contributed by atoms with Crippen molar-refractivity contribution >= 4 is 10.8 Å². The van der Waals surface area contributed by atoms with E-state index in [1.165, 1.54) is 0 Å². The molecular formula is C14H12O2. The Morgan fingerprint density at radius 3 is 2.44 bits per heavy atom. The number of methoxy groups -OCH3 is 2. The van der Waals surface area contributed by atoms with Crippen molar-refractivity contribution in [2.45, 2.75) is 0 Å². The molecule has 0 aliphatic rings. The van der Waals surface area contributed by atoms with Crippen LogP contribution in [0.25, 0.3) is 10.8 Å². The fourth-order valence-electron chi connectivity index (χ4n) is 1.72. The Hall–Kier alpha value is -2.14. The topological polar surface area (TPSA) is 18.5 Å². The van der Waals surface area contributed by atoms with E-state index in [0.717, 1.165) is 22.1 Å². The molecule has 2 aromatic rings. The molecule has 0 radical (unpaired) electrons.